The molecule has 0 radical (unpaired) electrons. The molecule has 102 valence electrons. The highest BCUT2D eigenvalue weighted by Gasteiger charge is 2.50. The molecule has 0 aliphatic heterocycles. The minimum absolute atomic E-state index is 0.486. The second-order valence-electron chi connectivity index (χ2n) is 6.50. The molecule has 2 rings (SSSR count). The summed E-state index contributed by atoms with van der Waals surface area (Å²) in [5, 5.41) is 0. The first-order valence-corrected chi connectivity index (χ1v) is 8.28. The number of hydrogen-bond donors (Lipinski definition) is 0. The number of allylic oxidation sites excluding steroid dienone is 1. The van der Waals surface area contributed by atoms with Gasteiger partial charge in [-0.3, -0.25) is 0 Å². The lowest BCUT2D eigenvalue weighted by Crippen LogP contribution is -2.35. The summed E-state index contributed by atoms with van der Waals surface area (Å²) in [5.74, 6) is 2.29. The number of carbonyl (C=O) groups is 1. The molecule has 1 unspecified atom stereocenters. The molecule has 2 fully saturated rings. The largest absolute Gasteiger partial charge is 0.303 e. The summed E-state index contributed by atoms with van der Waals surface area (Å²) in [4.78, 5) is 12.8. The Balaban J connectivity index is 2.13. The van der Waals surface area contributed by atoms with Crippen LogP contribution in [0.4, 0.5) is 0 Å². The van der Waals surface area contributed by atoms with Crippen LogP contribution in [0.25, 0.3) is 0 Å². The van der Waals surface area contributed by atoms with E-state index >= 15 is 0 Å². The van der Waals surface area contributed by atoms with Gasteiger partial charge in [0.2, 0.25) is 0 Å². The van der Waals surface area contributed by atoms with Crippen molar-refractivity contribution in [2.24, 2.45) is 23.2 Å². The maximum Gasteiger partial charge on any atom is 0.120 e. The van der Waals surface area contributed by atoms with E-state index in [4.69, 9.17) is 0 Å². The minimum atomic E-state index is 0.486. The Hall–Kier alpha value is -0.110. The van der Waals surface area contributed by atoms with Gasteiger partial charge in [0.05, 0.1) is 0 Å². The molecule has 0 N–H and O–H groups in total. The van der Waals surface area contributed by atoms with Crippen LogP contribution in [0, 0.1) is 23.2 Å². The number of carbonyl (C=O) groups excluding carboxylic acids is 1. The summed E-state index contributed by atoms with van der Waals surface area (Å²) in [5.41, 5.74) is 2.12. The number of fused-ring (bicyclic) bond motifs is 1. The zero-order valence-electron chi connectivity index (χ0n) is 11.6. The van der Waals surface area contributed by atoms with Crippen molar-refractivity contribution in [3.05, 3.63) is 10.6 Å². The number of rotatable bonds is 4. The molecule has 0 amide bonds. The van der Waals surface area contributed by atoms with Gasteiger partial charge in [0.25, 0.3) is 0 Å². The van der Waals surface area contributed by atoms with Crippen molar-refractivity contribution in [1.82, 2.24) is 0 Å². The molecule has 2 aliphatic carbocycles. The third-order valence-corrected chi connectivity index (χ3v) is 6.19. The normalized spacial score (nSPS) is 39.6. The first-order chi connectivity index (χ1) is 8.63. The van der Waals surface area contributed by atoms with Crippen molar-refractivity contribution in [3.8, 4) is 0 Å². The van der Waals surface area contributed by atoms with Gasteiger partial charge in [0.15, 0.2) is 0 Å². The van der Waals surface area contributed by atoms with Gasteiger partial charge in [-0.1, -0.05) is 35.4 Å². The lowest BCUT2D eigenvalue weighted by Gasteiger charge is -2.44. The van der Waals surface area contributed by atoms with Crippen molar-refractivity contribution in [1.29, 1.82) is 0 Å². The van der Waals surface area contributed by atoms with Crippen molar-refractivity contribution < 1.29 is 4.79 Å². The van der Waals surface area contributed by atoms with E-state index < -0.39 is 0 Å². The van der Waals surface area contributed by atoms with Gasteiger partial charge in [-0.2, -0.15) is 0 Å². The topological polar surface area (TPSA) is 17.1 Å². The third kappa shape index (κ3) is 2.45. The smallest absolute Gasteiger partial charge is 0.120 e. The van der Waals surface area contributed by atoms with Crippen LogP contribution >= 0.6 is 15.9 Å². The lowest BCUT2D eigenvalue weighted by atomic mass is 9.61. The first-order valence-electron chi connectivity index (χ1n) is 7.36. The molecule has 2 saturated carbocycles. The Bertz CT molecular complexity index is 336. The maximum absolute atomic E-state index is 10.6. The molecular formula is C16H25BrO. The molecular weight excluding hydrogens is 288 g/mol. The average Bonchev–Trinajstić information content (AvgIpc) is 2.72. The van der Waals surface area contributed by atoms with Gasteiger partial charge in [-0.15, -0.1) is 0 Å². The Labute approximate surface area is 120 Å². The Kier molecular flexibility index (Phi) is 4.69. The maximum atomic E-state index is 10.6. The molecule has 0 saturated heterocycles. The molecule has 0 spiro atoms. The molecule has 0 aromatic rings. The lowest BCUT2D eigenvalue weighted by molar-refractivity contribution is -0.108. The molecule has 1 nitrogen and oxygen atoms in total. The van der Waals surface area contributed by atoms with E-state index in [1.165, 1.54) is 32.1 Å². The van der Waals surface area contributed by atoms with Crippen LogP contribution in [0.2, 0.25) is 0 Å². The molecule has 2 aliphatic rings. The predicted molar refractivity (Wildman–Crippen MR) is 79.6 cm³/mol. The van der Waals surface area contributed by atoms with Gasteiger partial charge in [0, 0.05) is 6.42 Å². The monoisotopic (exact) mass is 312 g/mol. The van der Waals surface area contributed by atoms with Crippen LogP contribution in [0.3, 0.4) is 0 Å². The van der Waals surface area contributed by atoms with Crippen LogP contribution in [-0.2, 0) is 4.79 Å². The van der Waals surface area contributed by atoms with E-state index in [-0.39, 0.29) is 0 Å². The van der Waals surface area contributed by atoms with Crippen LogP contribution in [0.15, 0.2) is 10.6 Å². The second kappa shape index (κ2) is 5.90. The van der Waals surface area contributed by atoms with Gasteiger partial charge in [-0.25, -0.2) is 0 Å². The van der Waals surface area contributed by atoms with E-state index in [0.29, 0.717) is 11.3 Å². The molecule has 0 aromatic carbocycles. The molecule has 0 aromatic heterocycles. The van der Waals surface area contributed by atoms with E-state index in [1.807, 2.05) is 0 Å². The van der Waals surface area contributed by atoms with Crippen molar-refractivity contribution in [2.45, 2.75) is 58.8 Å². The summed E-state index contributed by atoms with van der Waals surface area (Å²) in [6.45, 7) is 4.86. The Morgan fingerprint density at radius 1 is 1.50 bits per heavy atom. The average molecular weight is 313 g/mol. The van der Waals surface area contributed by atoms with Crippen molar-refractivity contribution in [3.63, 3.8) is 0 Å². The fourth-order valence-corrected chi connectivity index (χ4v) is 5.23. The SMILES string of the molecule is C[C@H](CCC=O)[C@H]1CCC2/C(=C/Br)CCC[C@@]21C. The van der Waals surface area contributed by atoms with Crippen molar-refractivity contribution in [2.75, 3.05) is 0 Å². The zero-order valence-corrected chi connectivity index (χ0v) is 13.2. The minimum Gasteiger partial charge on any atom is -0.303 e. The summed E-state index contributed by atoms with van der Waals surface area (Å²) in [7, 11) is 0. The summed E-state index contributed by atoms with van der Waals surface area (Å²) in [6, 6.07) is 0. The molecule has 0 bridgehead atoms. The van der Waals surface area contributed by atoms with Crippen LogP contribution in [0.1, 0.15) is 58.8 Å². The molecule has 4 atom stereocenters. The van der Waals surface area contributed by atoms with E-state index in [9.17, 15) is 4.79 Å². The summed E-state index contributed by atoms with van der Waals surface area (Å²) in [6.07, 6.45) is 9.58. The fraction of sp³-hybridized carbons (Fsp3) is 0.812. The van der Waals surface area contributed by atoms with E-state index in [1.54, 1.807) is 5.57 Å². The van der Waals surface area contributed by atoms with Gasteiger partial charge >= 0.3 is 0 Å². The molecule has 18 heavy (non-hydrogen) atoms. The molecule has 2 heteroatoms. The van der Waals surface area contributed by atoms with E-state index in [2.05, 4.69) is 34.8 Å². The van der Waals surface area contributed by atoms with Crippen LogP contribution in [0.5, 0.6) is 0 Å². The van der Waals surface area contributed by atoms with Crippen LogP contribution in [-0.4, -0.2) is 6.29 Å². The zero-order chi connectivity index (χ0) is 13.2. The van der Waals surface area contributed by atoms with Crippen molar-refractivity contribution >= 4 is 22.2 Å². The molecule has 0 heterocycles. The van der Waals surface area contributed by atoms with E-state index in [0.717, 1.165) is 31.0 Å². The highest BCUT2D eigenvalue weighted by Crippen LogP contribution is 2.59. The second-order valence-corrected chi connectivity index (χ2v) is 6.96. The quantitative estimate of drug-likeness (QED) is 0.660. The van der Waals surface area contributed by atoms with Gasteiger partial charge in [-0.05, 0) is 66.7 Å². The standard InChI is InChI=1S/C16H25BrO/c1-12(5-4-10-18)14-7-8-15-13(11-17)6-3-9-16(14,15)2/h10-12,14-15H,3-9H2,1-2H3/b13-11+/t12-,14-,15?,16-/m1/s1. The Morgan fingerprint density at radius 3 is 2.94 bits per heavy atom. The number of aldehydes is 1. The van der Waals surface area contributed by atoms with Gasteiger partial charge in [0.1, 0.15) is 6.29 Å². The highest BCUT2D eigenvalue weighted by atomic mass is 79.9. The summed E-state index contributed by atoms with van der Waals surface area (Å²) >= 11 is 3.56. The number of halogens is 1. The number of hydrogen-bond acceptors (Lipinski definition) is 1. The van der Waals surface area contributed by atoms with Gasteiger partial charge < -0.3 is 4.79 Å². The third-order valence-electron chi connectivity index (χ3n) is 5.60. The first kappa shape index (κ1) is 14.3. The van der Waals surface area contributed by atoms with Crippen LogP contribution < -0.4 is 0 Å². The summed E-state index contributed by atoms with van der Waals surface area (Å²) < 4.78 is 0. The fourth-order valence-electron chi connectivity index (χ4n) is 4.68. The predicted octanol–water partition coefficient (Wildman–Crippen LogP) is 5.10. The Morgan fingerprint density at radius 2 is 2.28 bits per heavy atom. The highest BCUT2D eigenvalue weighted by molar-refractivity contribution is 9.11.